The van der Waals surface area contributed by atoms with Gasteiger partial charge >= 0.3 is 0 Å². The van der Waals surface area contributed by atoms with Crippen LogP contribution in [0.15, 0.2) is 18.6 Å². The third-order valence-electron chi connectivity index (χ3n) is 3.80. The third-order valence-corrected chi connectivity index (χ3v) is 4.00. The molecule has 1 amide bonds. The lowest BCUT2D eigenvalue weighted by Gasteiger charge is -2.26. The highest BCUT2D eigenvalue weighted by Crippen LogP contribution is 2.21. The molecule has 0 aliphatic rings. The van der Waals surface area contributed by atoms with Crippen LogP contribution in [0.5, 0.6) is 0 Å². The molecule has 22 heavy (non-hydrogen) atoms. The van der Waals surface area contributed by atoms with Crippen molar-refractivity contribution in [2.45, 2.75) is 52.7 Å². The van der Waals surface area contributed by atoms with Gasteiger partial charge in [-0.3, -0.25) is 14.2 Å². The van der Waals surface area contributed by atoms with E-state index >= 15 is 0 Å². The normalized spacial score (nSPS) is 13.2. The molecule has 6 nitrogen and oxygen atoms in total. The SMILES string of the molecule is CCn1cc(C(C)NC(=O)C(C)(C)n2cc(Cl)cn2)c(C)n1. The average Bonchev–Trinajstić information content (AvgIpc) is 3.04. The highest BCUT2D eigenvalue weighted by Gasteiger charge is 2.32. The van der Waals surface area contributed by atoms with E-state index in [4.69, 9.17) is 11.6 Å². The predicted octanol–water partition coefficient (Wildman–Crippen LogP) is 2.67. The van der Waals surface area contributed by atoms with E-state index in [0.717, 1.165) is 17.8 Å². The minimum Gasteiger partial charge on any atom is -0.347 e. The molecule has 0 bridgehead atoms. The Balaban J connectivity index is 2.15. The number of nitrogens with one attached hydrogen (secondary N) is 1. The third kappa shape index (κ3) is 3.16. The molecule has 0 saturated carbocycles. The molecular weight excluding hydrogens is 302 g/mol. The van der Waals surface area contributed by atoms with Gasteiger partial charge in [-0.25, -0.2) is 0 Å². The predicted molar refractivity (Wildman–Crippen MR) is 85.8 cm³/mol. The van der Waals surface area contributed by atoms with E-state index in [1.54, 1.807) is 24.7 Å². The summed E-state index contributed by atoms with van der Waals surface area (Å²) < 4.78 is 3.44. The second-order valence-corrected chi connectivity index (χ2v) is 6.32. The van der Waals surface area contributed by atoms with Crippen LogP contribution in [0.3, 0.4) is 0 Å². The van der Waals surface area contributed by atoms with Gasteiger partial charge in [0.15, 0.2) is 0 Å². The van der Waals surface area contributed by atoms with Crippen LogP contribution in [-0.2, 0) is 16.9 Å². The Bertz CT molecular complexity index is 673. The lowest BCUT2D eigenvalue weighted by Crippen LogP contribution is -2.45. The molecule has 1 unspecified atom stereocenters. The zero-order chi connectivity index (χ0) is 16.5. The number of carbonyl (C=O) groups is 1. The van der Waals surface area contributed by atoms with E-state index in [0.29, 0.717) is 5.02 Å². The number of amides is 1. The Kier molecular flexibility index (Phi) is 4.60. The zero-order valence-corrected chi connectivity index (χ0v) is 14.3. The molecule has 0 saturated heterocycles. The first kappa shape index (κ1) is 16.5. The lowest BCUT2D eigenvalue weighted by atomic mass is 10.0. The summed E-state index contributed by atoms with van der Waals surface area (Å²) in [6, 6.07) is -0.127. The molecule has 120 valence electrons. The Morgan fingerprint density at radius 1 is 1.45 bits per heavy atom. The van der Waals surface area contributed by atoms with E-state index in [9.17, 15) is 4.79 Å². The van der Waals surface area contributed by atoms with Crippen molar-refractivity contribution in [3.05, 3.63) is 34.9 Å². The number of aromatic nitrogens is 4. The van der Waals surface area contributed by atoms with Gasteiger partial charge in [0.05, 0.1) is 23.0 Å². The Morgan fingerprint density at radius 2 is 2.14 bits per heavy atom. The minimum atomic E-state index is -0.823. The molecule has 2 rings (SSSR count). The molecule has 0 fully saturated rings. The van der Waals surface area contributed by atoms with Gasteiger partial charge in [0.2, 0.25) is 5.91 Å². The molecular formula is C15H22ClN5O. The molecule has 0 radical (unpaired) electrons. The molecule has 1 N–H and O–H groups in total. The minimum absolute atomic E-state index is 0.122. The van der Waals surface area contributed by atoms with Crippen molar-refractivity contribution in [2.24, 2.45) is 0 Å². The van der Waals surface area contributed by atoms with Gasteiger partial charge in [-0.1, -0.05) is 11.6 Å². The Labute approximate surface area is 135 Å². The van der Waals surface area contributed by atoms with Crippen LogP contribution in [0.25, 0.3) is 0 Å². The monoisotopic (exact) mass is 323 g/mol. The van der Waals surface area contributed by atoms with Crippen LogP contribution in [0, 0.1) is 6.92 Å². The number of hydrogen-bond acceptors (Lipinski definition) is 3. The van der Waals surface area contributed by atoms with Gasteiger partial charge in [0, 0.05) is 24.5 Å². The summed E-state index contributed by atoms with van der Waals surface area (Å²) in [6.07, 6.45) is 5.14. The van der Waals surface area contributed by atoms with Crippen molar-refractivity contribution in [1.29, 1.82) is 0 Å². The lowest BCUT2D eigenvalue weighted by molar-refractivity contribution is -0.129. The summed E-state index contributed by atoms with van der Waals surface area (Å²) >= 11 is 5.89. The van der Waals surface area contributed by atoms with Crippen LogP contribution in [0.1, 0.15) is 45.0 Å². The van der Waals surface area contributed by atoms with Crippen LogP contribution < -0.4 is 5.32 Å². The number of aryl methyl sites for hydroxylation is 2. The van der Waals surface area contributed by atoms with Gasteiger partial charge in [-0.15, -0.1) is 0 Å². The van der Waals surface area contributed by atoms with Gasteiger partial charge < -0.3 is 5.32 Å². The van der Waals surface area contributed by atoms with Gasteiger partial charge in [0.1, 0.15) is 5.54 Å². The van der Waals surface area contributed by atoms with E-state index < -0.39 is 5.54 Å². The van der Waals surface area contributed by atoms with Crippen LogP contribution in [0.4, 0.5) is 0 Å². The van der Waals surface area contributed by atoms with Crippen LogP contribution >= 0.6 is 11.6 Å². The van der Waals surface area contributed by atoms with Crippen molar-refractivity contribution in [1.82, 2.24) is 24.9 Å². The maximum absolute atomic E-state index is 12.6. The fourth-order valence-corrected chi connectivity index (χ4v) is 2.42. The average molecular weight is 324 g/mol. The molecule has 0 spiro atoms. The largest absolute Gasteiger partial charge is 0.347 e. The summed E-state index contributed by atoms with van der Waals surface area (Å²) in [5, 5.41) is 12.1. The first-order chi connectivity index (χ1) is 10.3. The number of nitrogens with zero attached hydrogens (tertiary/aromatic N) is 4. The highest BCUT2D eigenvalue weighted by molar-refractivity contribution is 6.30. The van der Waals surface area contributed by atoms with Gasteiger partial charge in [-0.05, 0) is 34.6 Å². The number of rotatable bonds is 5. The van der Waals surface area contributed by atoms with E-state index in [-0.39, 0.29) is 11.9 Å². The van der Waals surface area contributed by atoms with Crippen LogP contribution in [-0.4, -0.2) is 25.5 Å². The topological polar surface area (TPSA) is 64.7 Å². The number of carbonyl (C=O) groups excluding carboxylic acids is 1. The summed E-state index contributed by atoms with van der Waals surface area (Å²) in [7, 11) is 0. The first-order valence-electron chi connectivity index (χ1n) is 7.31. The molecule has 2 heterocycles. The fraction of sp³-hybridized carbons (Fsp3) is 0.533. The summed E-state index contributed by atoms with van der Waals surface area (Å²) in [6.45, 7) is 10.3. The van der Waals surface area contributed by atoms with Gasteiger partial charge in [-0.2, -0.15) is 10.2 Å². The molecule has 7 heteroatoms. The zero-order valence-electron chi connectivity index (χ0n) is 13.6. The second kappa shape index (κ2) is 6.12. The summed E-state index contributed by atoms with van der Waals surface area (Å²) in [5.74, 6) is -0.122. The Hall–Kier alpha value is -1.82. The number of hydrogen-bond donors (Lipinski definition) is 1. The van der Waals surface area contributed by atoms with E-state index in [1.165, 1.54) is 6.20 Å². The van der Waals surface area contributed by atoms with E-state index in [1.807, 2.05) is 31.6 Å². The molecule has 2 aromatic heterocycles. The molecule has 0 aliphatic carbocycles. The molecule has 0 aliphatic heterocycles. The van der Waals surface area contributed by atoms with Crippen molar-refractivity contribution >= 4 is 17.5 Å². The Morgan fingerprint density at radius 3 is 2.64 bits per heavy atom. The summed E-state index contributed by atoms with van der Waals surface area (Å²) in [4.78, 5) is 12.6. The number of halogens is 1. The second-order valence-electron chi connectivity index (χ2n) is 5.88. The van der Waals surface area contributed by atoms with E-state index in [2.05, 4.69) is 15.5 Å². The van der Waals surface area contributed by atoms with Crippen molar-refractivity contribution in [3.63, 3.8) is 0 Å². The smallest absolute Gasteiger partial charge is 0.247 e. The fourth-order valence-electron chi connectivity index (χ4n) is 2.28. The maximum Gasteiger partial charge on any atom is 0.247 e. The van der Waals surface area contributed by atoms with Crippen molar-refractivity contribution < 1.29 is 4.79 Å². The molecule has 0 aromatic carbocycles. The van der Waals surface area contributed by atoms with Crippen molar-refractivity contribution in [3.8, 4) is 0 Å². The quantitative estimate of drug-likeness (QED) is 0.920. The molecule has 1 atom stereocenters. The highest BCUT2D eigenvalue weighted by atomic mass is 35.5. The van der Waals surface area contributed by atoms with Gasteiger partial charge in [0.25, 0.3) is 0 Å². The van der Waals surface area contributed by atoms with Crippen molar-refractivity contribution in [2.75, 3.05) is 0 Å². The summed E-state index contributed by atoms with van der Waals surface area (Å²) in [5.41, 5.74) is 1.12. The van der Waals surface area contributed by atoms with Crippen LogP contribution in [0.2, 0.25) is 5.02 Å². The maximum atomic E-state index is 12.6. The first-order valence-corrected chi connectivity index (χ1v) is 7.69. The molecule has 2 aromatic rings. The standard InChI is InChI=1S/C15H22ClN5O/c1-6-20-9-13(11(3)19-20)10(2)18-14(22)15(4,5)21-8-12(16)7-17-21/h7-10H,6H2,1-5H3,(H,18,22).